The molecule has 3 aromatic rings. The van der Waals surface area contributed by atoms with Gasteiger partial charge in [-0.1, -0.05) is 0 Å². The standard InChI is InChI=1S/C21H23F4N3O2/c1-12-26-10-17-16(27-12)8-14(28-17)9-19(2,29)11-20(3,21(23,24)25)15-7-13(22)5-6-18(15)30-4/h5-8,10,28-29H,9,11H2,1-4H3. The predicted octanol–water partition coefficient (Wildman–Crippen LogP) is 4.62. The monoisotopic (exact) mass is 425 g/mol. The lowest BCUT2D eigenvalue weighted by molar-refractivity contribution is -0.200. The van der Waals surface area contributed by atoms with Crippen molar-refractivity contribution in [3.8, 4) is 5.75 Å². The highest BCUT2D eigenvalue weighted by atomic mass is 19.4. The van der Waals surface area contributed by atoms with Crippen molar-refractivity contribution in [3.05, 3.63) is 53.4 Å². The maximum absolute atomic E-state index is 14.2. The Bertz CT molecular complexity index is 1060. The first-order chi connectivity index (χ1) is 13.8. The fourth-order valence-corrected chi connectivity index (χ4v) is 3.86. The lowest BCUT2D eigenvalue weighted by atomic mass is 9.72. The summed E-state index contributed by atoms with van der Waals surface area (Å²) in [5.41, 5.74) is -2.94. The summed E-state index contributed by atoms with van der Waals surface area (Å²) in [5.74, 6) is -0.350. The highest BCUT2D eigenvalue weighted by molar-refractivity contribution is 5.75. The zero-order chi connectivity index (χ0) is 22.3. The number of hydrogen-bond acceptors (Lipinski definition) is 4. The van der Waals surface area contributed by atoms with E-state index in [9.17, 15) is 22.7 Å². The van der Waals surface area contributed by atoms with Gasteiger partial charge in [0.15, 0.2) is 0 Å². The molecule has 0 aliphatic heterocycles. The van der Waals surface area contributed by atoms with Crippen LogP contribution < -0.4 is 4.74 Å². The highest BCUT2D eigenvalue weighted by Crippen LogP contribution is 2.49. The number of fused-ring (bicyclic) bond motifs is 1. The second-order valence-electron chi connectivity index (χ2n) is 8.04. The number of nitrogens with zero attached hydrogens (tertiary/aromatic N) is 2. The molecule has 0 radical (unpaired) electrons. The van der Waals surface area contributed by atoms with E-state index in [1.54, 1.807) is 19.2 Å². The molecule has 0 spiro atoms. The summed E-state index contributed by atoms with van der Waals surface area (Å²) in [6.07, 6.45) is -3.98. The van der Waals surface area contributed by atoms with Gasteiger partial charge in [-0.3, -0.25) is 0 Å². The zero-order valence-corrected chi connectivity index (χ0v) is 17.1. The number of alkyl halides is 3. The summed E-state index contributed by atoms with van der Waals surface area (Å²) in [6, 6.07) is 4.67. The number of aromatic nitrogens is 3. The van der Waals surface area contributed by atoms with Crippen LogP contribution in [0.2, 0.25) is 0 Å². The van der Waals surface area contributed by atoms with Gasteiger partial charge in [-0.25, -0.2) is 14.4 Å². The molecule has 9 heteroatoms. The Labute approximate surface area is 171 Å². The van der Waals surface area contributed by atoms with Crippen LogP contribution in [0.15, 0.2) is 30.5 Å². The van der Waals surface area contributed by atoms with Gasteiger partial charge in [-0.15, -0.1) is 0 Å². The summed E-state index contributed by atoms with van der Waals surface area (Å²) in [4.78, 5) is 11.4. The quantitative estimate of drug-likeness (QED) is 0.566. The molecule has 0 fully saturated rings. The minimum atomic E-state index is -4.76. The summed E-state index contributed by atoms with van der Waals surface area (Å²) >= 11 is 0. The van der Waals surface area contributed by atoms with Crippen LogP contribution in [-0.2, 0) is 11.8 Å². The fourth-order valence-electron chi connectivity index (χ4n) is 3.86. The van der Waals surface area contributed by atoms with E-state index in [4.69, 9.17) is 4.74 Å². The highest BCUT2D eigenvalue weighted by Gasteiger charge is 2.56. The minimum absolute atomic E-state index is 0.0916. The Kier molecular flexibility index (Phi) is 5.53. The normalized spacial score (nSPS) is 16.3. The van der Waals surface area contributed by atoms with Crippen molar-refractivity contribution >= 4 is 11.0 Å². The van der Waals surface area contributed by atoms with Gasteiger partial charge in [0, 0.05) is 17.7 Å². The number of halogens is 4. The van der Waals surface area contributed by atoms with E-state index in [1.165, 1.54) is 14.0 Å². The van der Waals surface area contributed by atoms with E-state index >= 15 is 0 Å². The van der Waals surface area contributed by atoms with Gasteiger partial charge >= 0.3 is 6.18 Å². The van der Waals surface area contributed by atoms with Gasteiger partial charge in [0.05, 0.1) is 35.4 Å². The van der Waals surface area contributed by atoms with Gasteiger partial charge in [0.25, 0.3) is 0 Å². The number of ether oxygens (including phenoxy) is 1. The second kappa shape index (κ2) is 7.54. The van der Waals surface area contributed by atoms with E-state index < -0.39 is 29.4 Å². The van der Waals surface area contributed by atoms with Crippen LogP contribution >= 0.6 is 0 Å². The Balaban J connectivity index is 1.98. The molecule has 0 saturated heterocycles. The Hall–Kier alpha value is -2.68. The second-order valence-corrected chi connectivity index (χ2v) is 8.04. The summed E-state index contributed by atoms with van der Waals surface area (Å²) in [5, 5.41) is 11.0. The third kappa shape index (κ3) is 4.26. The molecule has 2 aromatic heterocycles. The predicted molar refractivity (Wildman–Crippen MR) is 104 cm³/mol. The van der Waals surface area contributed by atoms with E-state index in [1.807, 2.05) is 0 Å². The van der Waals surface area contributed by atoms with Crippen molar-refractivity contribution in [3.63, 3.8) is 0 Å². The molecule has 0 saturated carbocycles. The van der Waals surface area contributed by atoms with Crippen molar-refractivity contribution in [1.29, 1.82) is 0 Å². The Morgan fingerprint density at radius 1 is 1.17 bits per heavy atom. The van der Waals surface area contributed by atoms with Crippen LogP contribution in [0.3, 0.4) is 0 Å². The molecule has 5 nitrogen and oxygen atoms in total. The van der Waals surface area contributed by atoms with Crippen molar-refractivity contribution in [1.82, 2.24) is 15.0 Å². The number of aliphatic hydroxyl groups is 1. The van der Waals surface area contributed by atoms with Gasteiger partial charge < -0.3 is 14.8 Å². The van der Waals surface area contributed by atoms with Crippen molar-refractivity contribution in [2.24, 2.45) is 0 Å². The molecule has 1 aromatic carbocycles. The van der Waals surface area contributed by atoms with Crippen molar-refractivity contribution < 1.29 is 27.4 Å². The van der Waals surface area contributed by atoms with Crippen molar-refractivity contribution in [2.75, 3.05) is 7.11 Å². The summed E-state index contributed by atoms with van der Waals surface area (Å²) in [6.45, 7) is 3.99. The molecule has 3 rings (SSSR count). The number of H-pyrrole nitrogens is 1. The molecule has 2 heterocycles. The first kappa shape index (κ1) is 22.0. The lowest BCUT2D eigenvalue weighted by Gasteiger charge is -2.39. The largest absolute Gasteiger partial charge is 0.496 e. The number of aromatic amines is 1. The van der Waals surface area contributed by atoms with E-state index in [2.05, 4.69) is 15.0 Å². The van der Waals surface area contributed by atoms with Crippen LogP contribution in [0, 0.1) is 12.7 Å². The molecule has 0 aliphatic carbocycles. The molecule has 2 atom stereocenters. The van der Waals surface area contributed by atoms with Crippen LogP contribution in [0.25, 0.3) is 11.0 Å². The van der Waals surface area contributed by atoms with Gasteiger partial charge in [0.1, 0.15) is 17.4 Å². The topological polar surface area (TPSA) is 71.0 Å². The molecular formula is C21H23F4N3O2. The van der Waals surface area contributed by atoms with Gasteiger partial charge in [0.2, 0.25) is 0 Å². The fraction of sp³-hybridized carbons (Fsp3) is 0.429. The van der Waals surface area contributed by atoms with Crippen LogP contribution in [-0.4, -0.2) is 38.9 Å². The molecule has 0 aliphatic rings. The average Bonchev–Trinajstić information content (AvgIpc) is 3.00. The van der Waals surface area contributed by atoms with Crippen LogP contribution in [0.1, 0.15) is 37.4 Å². The number of methoxy groups -OCH3 is 1. The molecule has 2 unspecified atom stereocenters. The van der Waals surface area contributed by atoms with Gasteiger partial charge in [-0.05, 0) is 51.5 Å². The van der Waals surface area contributed by atoms with Crippen LogP contribution in [0.5, 0.6) is 5.75 Å². The van der Waals surface area contributed by atoms with E-state index in [-0.39, 0.29) is 17.7 Å². The number of benzene rings is 1. The number of aryl methyl sites for hydroxylation is 1. The number of rotatable bonds is 6. The number of nitrogens with one attached hydrogen (secondary N) is 1. The summed E-state index contributed by atoms with van der Waals surface area (Å²) < 4.78 is 61.5. The van der Waals surface area contributed by atoms with E-state index in [0.29, 0.717) is 22.6 Å². The third-order valence-electron chi connectivity index (χ3n) is 5.23. The number of hydrogen-bond donors (Lipinski definition) is 2. The Morgan fingerprint density at radius 3 is 2.50 bits per heavy atom. The minimum Gasteiger partial charge on any atom is -0.496 e. The SMILES string of the molecule is COc1ccc(F)cc1C(C)(CC(C)(O)Cc1cc2nc(C)ncc2[nH]1)C(F)(F)F. The smallest absolute Gasteiger partial charge is 0.398 e. The molecule has 0 amide bonds. The average molecular weight is 425 g/mol. The molecule has 0 bridgehead atoms. The first-order valence-electron chi connectivity index (χ1n) is 9.29. The molecule has 2 N–H and O–H groups in total. The molecular weight excluding hydrogens is 402 g/mol. The summed E-state index contributed by atoms with van der Waals surface area (Å²) in [7, 11) is 1.22. The third-order valence-corrected chi connectivity index (χ3v) is 5.23. The van der Waals surface area contributed by atoms with E-state index in [0.717, 1.165) is 25.1 Å². The molecule has 30 heavy (non-hydrogen) atoms. The first-order valence-corrected chi connectivity index (χ1v) is 9.29. The maximum atomic E-state index is 14.2. The molecule has 162 valence electrons. The van der Waals surface area contributed by atoms with Crippen LogP contribution in [0.4, 0.5) is 17.6 Å². The Morgan fingerprint density at radius 2 is 1.87 bits per heavy atom. The van der Waals surface area contributed by atoms with Gasteiger partial charge in [-0.2, -0.15) is 13.2 Å². The lowest BCUT2D eigenvalue weighted by Crippen LogP contribution is -2.47. The van der Waals surface area contributed by atoms with Crippen molar-refractivity contribution in [2.45, 2.75) is 50.8 Å². The maximum Gasteiger partial charge on any atom is 0.398 e. The zero-order valence-electron chi connectivity index (χ0n) is 17.1.